The monoisotopic (exact) mass is 828 g/mol. The number of aliphatic hydroxyl groups is 1. The summed E-state index contributed by atoms with van der Waals surface area (Å²) in [5, 5.41) is 12.6. The number of carbonyl (C=O) groups is 1. The number of para-hydroxylation sites is 1. The van der Waals surface area contributed by atoms with Gasteiger partial charge in [0.2, 0.25) is 15.9 Å². The molecular formula is C48H48N2O7S2. The Labute approximate surface area is 350 Å². The molecule has 0 unspecified atom stereocenters. The van der Waals surface area contributed by atoms with Crippen LogP contribution >= 0.6 is 11.8 Å². The first kappa shape index (κ1) is 41.9. The highest BCUT2D eigenvalue weighted by molar-refractivity contribution is 7.99. The minimum Gasteiger partial charge on any atom is -0.496 e. The van der Waals surface area contributed by atoms with Gasteiger partial charge in [0.25, 0.3) is 0 Å². The molecule has 1 aliphatic rings. The van der Waals surface area contributed by atoms with Crippen molar-refractivity contribution < 1.29 is 32.5 Å². The van der Waals surface area contributed by atoms with Gasteiger partial charge in [0, 0.05) is 29.2 Å². The van der Waals surface area contributed by atoms with E-state index in [0.29, 0.717) is 12.2 Å². The number of benzene rings is 6. The third-order valence-corrected chi connectivity index (χ3v) is 12.9. The van der Waals surface area contributed by atoms with Crippen LogP contribution in [-0.4, -0.2) is 44.4 Å². The van der Waals surface area contributed by atoms with Crippen molar-refractivity contribution in [3.05, 3.63) is 185 Å². The van der Waals surface area contributed by atoms with E-state index in [1.54, 1.807) is 43.1 Å². The molecule has 6 aromatic rings. The minimum atomic E-state index is -3.96. The summed E-state index contributed by atoms with van der Waals surface area (Å²) in [6.07, 6.45) is -0.0530. The molecule has 0 radical (unpaired) electrons. The van der Waals surface area contributed by atoms with E-state index in [4.69, 9.17) is 14.2 Å². The second kappa shape index (κ2) is 19.7. The van der Waals surface area contributed by atoms with Gasteiger partial charge in [-0.2, -0.15) is 4.72 Å². The summed E-state index contributed by atoms with van der Waals surface area (Å²) in [5.41, 5.74) is 7.33. The maximum atomic E-state index is 13.7. The summed E-state index contributed by atoms with van der Waals surface area (Å²) in [6.45, 7) is 2.08. The van der Waals surface area contributed by atoms with Gasteiger partial charge in [-0.3, -0.25) is 4.79 Å². The number of aliphatic hydroxyl groups excluding tert-OH is 1. The summed E-state index contributed by atoms with van der Waals surface area (Å²) in [5.74, 6) is 1.11. The normalized spacial score (nSPS) is 17.2. The van der Waals surface area contributed by atoms with Crippen LogP contribution in [0, 0.1) is 6.92 Å². The molecule has 0 aromatic heterocycles. The summed E-state index contributed by atoms with van der Waals surface area (Å²) in [4.78, 5) is 14.8. The van der Waals surface area contributed by atoms with E-state index in [0.717, 1.165) is 55.2 Å². The Balaban J connectivity index is 1.04. The molecule has 304 valence electrons. The number of nitrogens with one attached hydrogen (secondary N) is 2. The van der Waals surface area contributed by atoms with Gasteiger partial charge in [-0.1, -0.05) is 127 Å². The number of thioether (sulfide) groups is 1. The van der Waals surface area contributed by atoms with E-state index in [9.17, 15) is 18.3 Å². The van der Waals surface area contributed by atoms with Gasteiger partial charge in [-0.05, 0) is 77.1 Å². The highest BCUT2D eigenvalue weighted by Crippen LogP contribution is 2.41. The van der Waals surface area contributed by atoms with Crippen LogP contribution in [0.5, 0.6) is 5.75 Å². The van der Waals surface area contributed by atoms with E-state index in [1.165, 1.54) is 0 Å². The van der Waals surface area contributed by atoms with Crippen molar-refractivity contribution in [1.29, 1.82) is 0 Å². The van der Waals surface area contributed by atoms with Crippen LogP contribution in [0.15, 0.2) is 161 Å². The molecule has 4 atom stereocenters. The zero-order chi connectivity index (χ0) is 41.2. The Morgan fingerprint density at radius 2 is 1.47 bits per heavy atom. The fourth-order valence-electron chi connectivity index (χ4n) is 6.96. The average Bonchev–Trinajstić information content (AvgIpc) is 3.28. The maximum absolute atomic E-state index is 13.7. The van der Waals surface area contributed by atoms with Crippen molar-refractivity contribution in [2.45, 2.75) is 67.2 Å². The van der Waals surface area contributed by atoms with E-state index >= 15 is 0 Å². The van der Waals surface area contributed by atoms with Crippen LogP contribution in [0.3, 0.4) is 0 Å². The average molecular weight is 829 g/mol. The molecule has 9 nitrogen and oxygen atoms in total. The highest BCUT2D eigenvalue weighted by Gasteiger charge is 2.32. The van der Waals surface area contributed by atoms with Gasteiger partial charge in [-0.25, -0.2) is 8.42 Å². The number of amides is 1. The lowest BCUT2D eigenvalue weighted by Crippen LogP contribution is -2.47. The fourth-order valence-corrected chi connectivity index (χ4v) is 9.20. The highest BCUT2D eigenvalue weighted by atomic mass is 32.2. The van der Waals surface area contributed by atoms with E-state index in [1.807, 2.05) is 134 Å². The van der Waals surface area contributed by atoms with E-state index in [2.05, 4.69) is 10.0 Å². The second-order valence-corrected chi connectivity index (χ2v) is 17.3. The molecule has 59 heavy (non-hydrogen) atoms. The number of hydrogen-bond donors (Lipinski definition) is 3. The van der Waals surface area contributed by atoms with Gasteiger partial charge in [0.05, 0.1) is 30.8 Å². The van der Waals surface area contributed by atoms with Crippen molar-refractivity contribution in [1.82, 2.24) is 10.0 Å². The number of ether oxygens (including phenoxy) is 3. The Hall–Kier alpha value is -5.27. The first-order valence-electron chi connectivity index (χ1n) is 19.5. The lowest BCUT2D eigenvalue weighted by molar-refractivity contribution is -0.245. The van der Waals surface area contributed by atoms with E-state index < -0.39 is 28.3 Å². The van der Waals surface area contributed by atoms with Crippen LogP contribution in [0.4, 0.5) is 0 Å². The Bertz CT molecular complexity index is 2410. The largest absolute Gasteiger partial charge is 0.496 e. The van der Waals surface area contributed by atoms with Gasteiger partial charge in [0.15, 0.2) is 6.29 Å². The third-order valence-electron chi connectivity index (χ3n) is 10.2. The summed E-state index contributed by atoms with van der Waals surface area (Å²) < 4.78 is 48.1. The molecule has 0 bridgehead atoms. The Morgan fingerprint density at radius 1 is 0.780 bits per heavy atom. The van der Waals surface area contributed by atoms with Crippen LogP contribution in [0.1, 0.15) is 52.2 Å². The van der Waals surface area contributed by atoms with Crippen LogP contribution in [-0.2, 0) is 43.9 Å². The number of carbonyl (C=O) groups excluding carboxylic acids is 1. The quantitative estimate of drug-likeness (QED) is 0.0829. The summed E-state index contributed by atoms with van der Waals surface area (Å²) in [7, 11) is -2.29. The molecule has 6 aromatic carbocycles. The molecule has 1 aliphatic heterocycles. The molecule has 7 rings (SSSR count). The van der Waals surface area contributed by atoms with Crippen molar-refractivity contribution >= 4 is 27.7 Å². The fraction of sp³-hybridized carbons (Fsp3) is 0.229. The van der Waals surface area contributed by atoms with Crippen molar-refractivity contribution in [2.75, 3.05) is 12.9 Å². The van der Waals surface area contributed by atoms with Crippen molar-refractivity contribution in [3.63, 3.8) is 0 Å². The lowest BCUT2D eigenvalue weighted by atomic mass is 9.99. The number of hydrogen-bond acceptors (Lipinski definition) is 8. The first-order chi connectivity index (χ1) is 28.7. The third kappa shape index (κ3) is 11.1. The molecule has 11 heteroatoms. The number of sulfonamides is 1. The molecule has 3 N–H and O–H groups in total. The molecule has 0 aliphatic carbocycles. The standard InChI is InChI=1S/C48H48N2O7S2/c1-33-15-25-42(26-16-33)59(53,54)50-43(28-34-9-4-3-5-10-34)47(52)49-30-36-11-8-12-40(27-36)37-21-23-39(24-22-37)48-56-41(32-58-46-14-7-6-13-44(46)55-2)29-45(57-48)38-19-17-35(31-51)18-20-38/h3-27,41,43,45,48,50-51H,28-32H2,1-2H3,(H,49,52)/t41-,43-,45+,48+/m1/s1. The smallest absolute Gasteiger partial charge is 0.241 e. The minimum absolute atomic E-state index is 0.0201. The number of rotatable bonds is 16. The molecular weight excluding hydrogens is 781 g/mol. The molecule has 1 fully saturated rings. The molecule has 0 spiro atoms. The van der Waals surface area contributed by atoms with Crippen molar-refractivity contribution in [3.8, 4) is 16.9 Å². The SMILES string of the molecule is COc1ccccc1SC[C@H]1C[C@@H](c2ccc(CO)cc2)O[C@@H](c2ccc(-c3cccc(CNC(=O)[C@@H](Cc4ccccc4)NS(=O)(=O)c4ccc(C)cc4)c3)cc2)O1. The molecule has 1 amide bonds. The Kier molecular flexibility index (Phi) is 13.9. The van der Waals surface area contributed by atoms with Crippen LogP contribution < -0.4 is 14.8 Å². The summed E-state index contributed by atoms with van der Waals surface area (Å²) in [6, 6.07) is 46.7. The lowest BCUT2D eigenvalue weighted by Gasteiger charge is -2.36. The summed E-state index contributed by atoms with van der Waals surface area (Å²) >= 11 is 1.69. The number of aryl methyl sites for hydroxylation is 1. The van der Waals surface area contributed by atoms with Crippen LogP contribution in [0.25, 0.3) is 11.1 Å². The Morgan fingerprint density at radius 3 is 2.20 bits per heavy atom. The maximum Gasteiger partial charge on any atom is 0.241 e. The predicted octanol–water partition coefficient (Wildman–Crippen LogP) is 8.71. The van der Waals surface area contributed by atoms with Gasteiger partial charge >= 0.3 is 0 Å². The second-order valence-electron chi connectivity index (χ2n) is 14.5. The molecule has 1 saturated heterocycles. The van der Waals surface area contributed by atoms with E-state index in [-0.39, 0.29) is 36.7 Å². The van der Waals surface area contributed by atoms with Gasteiger partial charge < -0.3 is 24.6 Å². The zero-order valence-electron chi connectivity index (χ0n) is 33.0. The molecule has 0 saturated carbocycles. The molecule has 1 heterocycles. The van der Waals surface area contributed by atoms with Crippen molar-refractivity contribution in [2.24, 2.45) is 0 Å². The number of methoxy groups -OCH3 is 1. The van der Waals surface area contributed by atoms with Gasteiger partial charge in [-0.15, -0.1) is 11.8 Å². The first-order valence-corrected chi connectivity index (χ1v) is 22.0. The van der Waals surface area contributed by atoms with Crippen LogP contribution in [0.2, 0.25) is 0 Å². The van der Waals surface area contributed by atoms with Gasteiger partial charge in [0.1, 0.15) is 11.8 Å². The topological polar surface area (TPSA) is 123 Å². The zero-order valence-corrected chi connectivity index (χ0v) is 34.6. The predicted molar refractivity (Wildman–Crippen MR) is 231 cm³/mol.